The number of hydrogen-bond donors (Lipinski definition) is 1. The second-order valence-electron chi connectivity index (χ2n) is 4.69. The van der Waals surface area contributed by atoms with Gasteiger partial charge < -0.3 is 0 Å². The number of halogens is 4. The molecule has 1 amide bonds. The molecule has 1 aromatic carbocycles. The van der Waals surface area contributed by atoms with Crippen molar-refractivity contribution in [2.24, 2.45) is 12.1 Å². The monoisotopic (exact) mass is 344 g/mol. The molecular formula is C14H12ClF3N4O. The summed E-state index contributed by atoms with van der Waals surface area (Å²) in [5.41, 5.74) is 2.63. The third-order valence-electron chi connectivity index (χ3n) is 3.03. The minimum absolute atomic E-state index is 0.0594. The quantitative estimate of drug-likeness (QED) is 0.687. The maximum atomic E-state index is 12.4. The molecule has 0 atom stereocenters. The summed E-state index contributed by atoms with van der Waals surface area (Å²) in [6.45, 7) is 1.73. The Hall–Kier alpha value is -2.35. The predicted octanol–water partition coefficient (Wildman–Crippen LogP) is 3.16. The van der Waals surface area contributed by atoms with Crippen LogP contribution in [0.3, 0.4) is 0 Å². The molecule has 122 valence electrons. The highest BCUT2D eigenvalue weighted by atomic mass is 35.5. The van der Waals surface area contributed by atoms with Gasteiger partial charge in [-0.25, -0.2) is 5.43 Å². The molecule has 23 heavy (non-hydrogen) atoms. The third-order valence-corrected chi connectivity index (χ3v) is 3.48. The van der Waals surface area contributed by atoms with Gasteiger partial charge in [0.1, 0.15) is 5.15 Å². The van der Waals surface area contributed by atoms with Crippen LogP contribution < -0.4 is 5.43 Å². The number of amides is 1. The van der Waals surface area contributed by atoms with Crippen molar-refractivity contribution < 1.29 is 18.0 Å². The van der Waals surface area contributed by atoms with Gasteiger partial charge in [0.25, 0.3) is 5.91 Å². The maximum absolute atomic E-state index is 12.4. The molecule has 2 rings (SSSR count). The number of carbonyl (C=O) groups excluding carboxylic acids is 1. The van der Waals surface area contributed by atoms with Crippen LogP contribution in [0, 0.1) is 6.92 Å². The topological polar surface area (TPSA) is 59.3 Å². The van der Waals surface area contributed by atoms with E-state index in [0.717, 1.165) is 24.3 Å². The van der Waals surface area contributed by atoms with Crippen molar-refractivity contribution in [3.8, 4) is 0 Å². The minimum atomic E-state index is -4.44. The number of aromatic nitrogens is 2. The lowest BCUT2D eigenvalue weighted by Gasteiger charge is -2.06. The normalized spacial score (nSPS) is 11.9. The minimum Gasteiger partial charge on any atom is -0.267 e. The molecule has 0 radical (unpaired) electrons. The summed E-state index contributed by atoms with van der Waals surface area (Å²) in [5, 5.41) is 8.17. The van der Waals surface area contributed by atoms with Crippen molar-refractivity contribution in [1.29, 1.82) is 0 Å². The number of hydrogen-bond acceptors (Lipinski definition) is 3. The van der Waals surface area contributed by atoms with E-state index in [1.807, 2.05) is 0 Å². The summed E-state index contributed by atoms with van der Waals surface area (Å²) in [7, 11) is 1.66. The van der Waals surface area contributed by atoms with Gasteiger partial charge in [-0.1, -0.05) is 11.6 Å². The van der Waals surface area contributed by atoms with Crippen LogP contribution in [0.4, 0.5) is 13.2 Å². The molecule has 0 unspecified atom stereocenters. The Labute approximate surface area is 134 Å². The number of aryl methyl sites for hydroxylation is 2. The number of hydrazone groups is 1. The molecule has 0 saturated carbocycles. The van der Waals surface area contributed by atoms with Gasteiger partial charge in [0.2, 0.25) is 0 Å². The molecule has 0 aliphatic carbocycles. The highest BCUT2D eigenvalue weighted by Crippen LogP contribution is 2.29. The van der Waals surface area contributed by atoms with E-state index in [-0.39, 0.29) is 5.56 Å². The summed E-state index contributed by atoms with van der Waals surface area (Å²) < 4.78 is 38.8. The zero-order chi connectivity index (χ0) is 17.2. The summed E-state index contributed by atoms with van der Waals surface area (Å²) in [5.74, 6) is -0.632. The van der Waals surface area contributed by atoms with Crippen molar-refractivity contribution in [3.05, 3.63) is 51.8 Å². The van der Waals surface area contributed by atoms with Crippen LogP contribution in [0.15, 0.2) is 29.4 Å². The molecule has 1 aromatic heterocycles. The van der Waals surface area contributed by atoms with E-state index in [1.54, 1.807) is 14.0 Å². The molecule has 1 N–H and O–H groups in total. The van der Waals surface area contributed by atoms with E-state index < -0.39 is 17.6 Å². The summed E-state index contributed by atoms with van der Waals surface area (Å²) in [6, 6.07) is 3.83. The van der Waals surface area contributed by atoms with Gasteiger partial charge in [-0.15, -0.1) is 0 Å². The largest absolute Gasteiger partial charge is 0.416 e. The Morgan fingerprint density at radius 1 is 1.35 bits per heavy atom. The molecule has 0 fully saturated rings. The van der Waals surface area contributed by atoms with Gasteiger partial charge >= 0.3 is 6.18 Å². The number of benzene rings is 1. The number of nitrogens with zero attached hydrogens (tertiary/aromatic N) is 3. The molecule has 0 spiro atoms. The molecule has 0 saturated heterocycles. The van der Waals surface area contributed by atoms with Crippen LogP contribution >= 0.6 is 11.6 Å². The maximum Gasteiger partial charge on any atom is 0.416 e. The number of nitrogens with one attached hydrogen (secondary N) is 1. The van der Waals surface area contributed by atoms with Crippen molar-refractivity contribution in [1.82, 2.24) is 15.2 Å². The third kappa shape index (κ3) is 3.89. The van der Waals surface area contributed by atoms with Crippen LogP contribution in [0.1, 0.15) is 27.2 Å². The molecule has 1 heterocycles. The zero-order valence-corrected chi connectivity index (χ0v) is 12.9. The second kappa shape index (κ2) is 6.41. The van der Waals surface area contributed by atoms with E-state index in [9.17, 15) is 18.0 Å². The van der Waals surface area contributed by atoms with Gasteiger partial charge in [0.05, 0.1) is 23.0 Å². The number of carbonyl (C=O) groups is 1. The van der Waals surface area contributed by atoms with Gasteiger partial charge in [-0.05, 0) is 31.2 Å². The fourth-order valence-electron chi connectivity index (χ4n) is 1.82. The summed E-state index contributed by atoms with van der Waals surface area (Å²) in [4.78, 5) is 11.8. The Morgan fingerprint density at radius 3 is 2.43 bits per heavy atom. The fraction of sp³-hybridized carbons (Fsp3) is 0.214. The Balaban J connectivity index is 2.06. The molecule has 0 bridgehead atoms. The lowest BCUT2D eigenvalue weighted by Crippen LogP contribution is -2.18. The van der Waals surface area contributed by atoms with Gasteiger partial charge in [0, 0.05) is 12.6 Å². The molecule has 0 aliphatic rings. The first-order valence-corrected chi connectivity index (χ1v) is 6.77. The van der Waals surface area contributed by atoms with Crippen LogP contribution in [-0.4, -0.2) is 21.9 Å². The smallest absolute Gasteiger partial charge is 0.267 e. The first-order valence-electron chi connectivity index (χ1n) is 6.40. The van der Waals surface area contributed by atoms with Gasteiger partial charge in [0.15, 0.2) is 0 Å². The molecule has 2 aromatic rings. The Kier molecular flexibility index (Phi) is 4.74. The van der Waals surface area contributed by atoms with Crippen molar-refractivity contribution in [2.75, 3.05) is 0 Å². The van der Waals surface area contributed by atoms with Gasteiger partial charge in [-0.3, -0.25) is 9.48 Å². The van der Waals surface area contributed by atoms with Crippen molar-refractivity contribution >= 4 is 23.7 Å². The van der Waals surface area contributed by atoms with E-state index in [4.69, 9.17) is 11.6 Å². The Bertz CT molecular complexity index is 751. The number of alkyl halides is 3. The summed E-state index contributed by atoms with van der Waals surface area (Å²) in [6.07, 6.45) is -3.12. The van der Waals surface area contributed by atoms with Crippen LogP contribution in [0.5, 0.6) is 0 Å². The molecule has 5 nitrogen and oxygen atoms in total. The highest BCUT2D eigenvalue weighted by molar-refractivity contribution is 6.32. The van der Waals surface area contributed by atoms with Crippen LogP contribution in [-0.2, 0) is 13.2 Å². The lowest BCUT2D eigenvalue weighted by atomic mass is 10.1. The fourth-order valence-corrected chi connectivity index (χ4v) is 2.05. The summed E-state index contributed by atoms with van der Waals surface area (Å²) >= 11 is 6.00. The zero-order valence-electron chi connectivity index (χ0n) is 12.1. The first kappa shape index (κ1) is 17.0. The molecule has 0 aliphatic heterocycles. The predicted molar refractivity (Wildman–Crippen MR) is 79.5 cm³/mol. The van der Waals surface area contributed by atoms with E-state index in [1.165, 1.54) is 10.9 Å². The van der Waals surface area contributed by atoms with Crippen molar-refractivity contribution in [3.63, 3.8) is 0 Å². The number of rotatable bonds is 3. The molecule has 9 heteroatoms. The van der Waals surface area contributed by atoms with Gasteiger partial charge in [-0.2, -0.15) is 23.4 Å². The average Bonchev–Trinajstić information content (AvgIpc) is 2.72. The Morgan fingerprint density at radius 2 is 1.96 bits per heavy atom. The highest BCUT2D eigenvalue weighted by Gasteiger charge is 2.30. The second-order valence-corrected chi connectivity index (χ2v) is 5.05. The molecular weight excluding hydrogens is 333 g/mol. The van der Waals surface area contributed by atoms with E-state index >= 15 is 0 Å². The van der Waals surface area contributed by atoms with Crippen LogP contribution in [0.25, 0.3) is 0 Å². The van der Waals surface area contributed by atoms with Crippen LogP contribution in [0.2, 0.25) is 5.15 Å². The lowest BCUT2D eigenvalue weighted by molar-refractivity contribution is -0.137. The average molecular weight is 345 g/mol. The van der Waals surface area contributed by atoms with E-state index in [2.05, 4.69) is 15.6 Å². The first-order chi connectivity index (χ1) is 10.7. The van der Waals surface area contributed by atoms with E-state index in [0.29, 0.717) is 16.4 Å². The van der Waals surface area contributed by atoms with Crippen molar-refractivity contribution in [2.45, 2.75) is 13.1 Å². The SMILES string of the molecule is Cc1nn(C)c(Cl)c1/C=N/NC(=O)c1ccc(C(F)(F)F)cc1. The standard InChI is InChI=1S/C14H12ClF3N4O/c1-8-11(12(15)22(2)21-8)7-19-20-13(23)9-3-5-10(6-4-9)14(16,17)18/h3-7H,1-2H3,(H,20,23)/b19-7+.